The van der Waals surface area contributed by atoms with Crippen LogP contribution in [0.4, 0.5) is 0 Å². The summed E-state index contributed by atoms with van der Waals surface area (Å²) in [6.07, 6.45) is 13.7. The van der Waals surface area contributed by atoms with Gasteiger partial charge in [0, 0.05) is 20.7 Å². The topological polar surface area (TPSA) is 30.9 Å². The molecule has 4 nitrogen and oxygen atoms in total. The highest BCUT2D eigenvalue weighted by molar-refractivity contribution is 4.47. The fourth-order valence-electron chi connectivity index (χ4n) is 2.29. The molecule has 0 aromatic heterocycles. The van der Waals surface area contributed by atoms with Crippen molar-refractivity contribution >= 4 is 0 Å². The molecule has 0 aromatic rings. The maximum absolute atomic E-state index is 5.56. The van der Waals surface area contributed by atoms with Crippen molar-refractivity contribution in [2.24, 2.45) is 0 Å². The van der Waals surface area contributed by atoms with Crippen LogP contribution in [0.25, 0.3) is 0 Å². The second-order valence-electron chi connectivity index (χ2n) is 6.05. The molecule has 0 spiro atoms. The first kappa shape index (κ1) is 21.8. The molecule has 0 saturated heterocycles. The fourth-order valence-corrected chi connectivity index (χ4v) is 2.29. The predicted molar refractivity (Wildman–Crippen MR) is 93.1 cm³/mol. The number of nitrogens with zero attached hydrogens (tertiary/aromatic N) is 1. The van der Waals surface area contributed by atoms with Gasteiger partial charge >= 0.3 is 0 Å². The standard InChI is InChI=1S/C18H39NO3/c1-4-5-6-7-8-9-10-11-12-13-14-20-15-16-21-17-18-22-19(2)3/h4-18H2,1-3H3. The molecule has 0 rings (SSSR count). The van der Waals surface area contributed by atoms with Gasteiger partial charge in [0.05, 0.1) is 26.4 Å². The Kier molecular flexibility index (Phi) is 18.8. The minimum Gasteiger partial charge on any atom is -0.379 e. The molecule has 134 valence electrons. The Morgan fingerprint density at radius 1 is 0.545 bits per heavy atom. The van der Waals surface area contributed by atoms with E-state index in [0.29, 0.717) is 26.4 Å². The fraction of sp³-hybridized carbons (Fsp3) is 1.00. The Hall–Kier alpha value is -0.160. The first-order chi connectivity index (χ1) is 10.8. The lowest BCUT2D eigenvalue weighted by molar-refractivity contribution is -0.135. The lowest BCUT2D eigenvalue weighted by atomic mass is 10.1. The zero-order valence-electron chi connectivity index (χ0n) is 15.3. The Morgan fingerprint density at radius 3 is 1.55 bits per heavy atom. The summed E-state index contributed by atoms with van der Waals surface area (Å²) >= 11 is 0. The minimum atomic E-state index is 0.603. The van der Waals surface area contributed by atoms with Crippen LogP contribution in [0.1, 0.15) is 71.1 Å². The molecule has 0 aliphatic rings. The zero-order valence-corrected chi connectivity index (χ0v) is 15.3. The van der Waals surface area contributed by atoms with Gasteiger partial charge in [0.25, 0.3) is 0 Å². The van der Waals surface area contributed by atoms with Gasteiger partial charge in [-0.25, -0.2) is 0 Å². The van der Waals surface area contributed by atoms with Gasteiger partial charge in [-0.05, 0) is 6.42 Å². The summed E-state index contributed by atoms with van der Waals surface area (Å²) < 4.78 is 11.0. The monoisotopic (exact) mass is 317 g/mol. The zero-order chi connectivity index (χ0) is 16.3. The molecule has 0 unspecified atom stereocenters. The van der Waals surface area contributed by atoms with Crippen molar-refractivity contribution in [3.05, 3.63) is 0 Å². The second-order valence-corrected chi connectivity index (χ2v) is 6.05. The van der Waals surface area contributed by atoms with Gasteiger partial charge < -0.3 is 9.47 Å². The Morgan fingerprint density at radius 2 is 1.00 bits per heavy atom. The normalized spacial score (nSPS) is 11.5. The summed E-state index contributed by atoms with van der Waals surface area (Å²) in [5.41, 5.74) is 0. The van der Waals surface area contributed by atoms with Crippen LogP contribution >= 0.6 is 0 Å². The number of unbranched alkanes of at least 4 members (excludes halogenated alkanes) is 9. The molecule has 0 amide bonds. The molecule has 0 aromatic carbocycles. The van der Waals surface area contributed by atoms with Crippen molar-refractivity contribution in [2.45, 2.75) is 71.1 Å². The van der Waals surface area contributed by atoms with Gasteiger partial charge in [-0.1, -0.05) is 64.7 Å². The summed E-state index contributed by atoms with van der Waals surface area (Å²) in [7, 11) is 3.74. The molecule has 0 N–H and O–H groups in total. The summed E-state index contributed by atoms with van der Waals surface area (Å²) in [5, 5.41) is 1.69. The third kappa shape index (κ3) is 19.8. The summed E-state index contributed by atoms with van der Waals surface area (Å²) in [6, 6.07) is 0. The predicted octanol–water partition coefficient (Wildman–Crippen LogP) is 4.43. The van der Waals surface area contributed by atoms with E-state index in [4.69, 9.17) is 14.3 Å². The molecule has 22 heavy (non-hydrogen) atoms. The van der Waals surface area contributed by atoms with Crippen LogP contribution in [0.2, 0.25) is 0 Å². The third-order valence-corrected chi connectivity index (χ3v) is 3.59. The van der Waals surface area contributed by atoms with Gasteiger partial charge in [-0.15, -0.1) is 0 Å². The quantitative estimate of drug-likeness (QED) is 0.276. The first-order valence-electron chi connectivity index (χ1n) is 9.23. The van der Waals surface area contributed by atoms with Crippen LogP contribution in [0.3, 0.4) is 0 Å². The molecule has 0 aliphatic heterocycles. The van der Waals surface area contributed by atoms with Crippen LogP contribution in [0.5, 0.6) is 0 Å². The molecule has 0 fully saturated rings. The number of rotatable bonds is 18. The van der Waals surface area contributed by atoms with Crippen LogP contribution in [0, 0.1) is 0 Å². The molecule has 0 aliphatic carbocycles. The Bertz CT molecular complexity index is 201. The van der Waals surface area contributed by atoms with Gasteiger partial charge in [0.15, 0.2) is 0 Å². The van der Waals surface area contributed by atoms with E-state index in [1.54, 1.807) is 5.06 Å². The van der Waals surface area contributed by atoms with E-state index in [0.717, 1.165) is 6.61 Å². The average molecular weight is 318 g/mol. The molecule has 0 bridgehead atoms. The molecule has 0 saturated carbocycles. The van der Waals surface area contributed by atoms with Crippen LogP contribution in [-0.2, 0) is 14.3 Å². The Labute approximate surface area is 138 Å². The summed E-state index contributed by atoms with van der Waals surface area (Å²) in [6.45, 7) is 5.72. The van der Waals surface area contributed by atoms with Crippen LogP contribution < -0.4 is 0 Å². The largest absolute Gasteiger partial charge is 0.379 e. The van der Waals surface area contributed by atoms with Crippen molar-refractivity contribution in [1.82, 2.24) is 5.06 Å². The van der Waals surface area contributed by atoms with Gasteiger partial charge in [-0.2, -0.15) is 5.06 Å². The summed E-state index contributed by atoms with van der Waals surface area (Å²) in [4.78, 5) is 5.23. The SMILES string of the molecule is CCCCCCCCCCCCOCCOCCON(C)C. The van der Waals surface area contributed by atoms with Crippen molar-refractivity contribution in [3.63, 3.8) is 0 Å². The lowest BCUT2D eigenvalue weighted by Crippen LogP contribution is -2.17. The van der Waals surface area contributed by atoms with E-state index in [-0.39, 0.29) is 0 Å². The third-order valence-electron chi connectivity index (χ3n) is 3.59. The van der Waals surface area contributed by atoms with Crippen molar-refractivity contribution < 1.29 is 14.3 Å². The molecule has 4 heteroatoms. The highest BCUT2D eigenvalue weighted by Gasteiger charge is 1.94. The van der Waals surface area contributed by atoms with E-state index < -0.39 is 0 Å². The molecule has 0 heterocycles. The van der Waals surface area contributed by atoms with Gasteiger partial charge in [0.1, 0.15) is 0 Å². The maximum Gasteiger partial charge on any atom is 0.0918 e. The highest BCUT2D eigenvalue weighted by atomic mass is 16.7. The smallest absolute Gasteiger partial charge is 0.0918 e. The van der Waals surface area contributed by atoms with Gasteiger partial charge in [-0.3, -0.25) is 4.84 Å². The Balaban J connectivity index is 2.94. The lowest BCUT2D eigenvalue weighted by Gasteiger charge is -2.10. The number of hydroxylamine groups is 2. The number of hydrogen-bond acceptors (Lipinski definition) is 4. The minimum absolute atomic E-state index is 0.603. The van der Waals surface area contributed by atoms with Crippen molar-refractivity contribution in [2.75, 3.05) is 47.1 Å². The van der Waals surface area contributed by atoms with Crippen molar-refractivity contribution in [3.8, 4) is 0 Å². The van der Waals surface area contributed by atoms with E-state index in [2.05, 4.69) is 6.92 Å². The number of ether oxygens (including phenoxy) is 2. The average Bonchev–Trinajstić information content (AvgIpc) is 2.50. The van der Waals surface area contributed by atoms with E-state index in [1.807, 2.05) is 14.1 Å². The van der Waals surface area contributed by atoms with Crippen LogP contribution in [0.15, 0.2) is 0 Å². The van der Waals surface area contributed by atoms with Crippen LogP contribution in [-0.4, -0.2) is 52.2 Å². The van der Waals surface area contributed by atoms with E-state index in [9.17, 15) is 0 Å². The second kappa shape index (κ2) is 18.9. The molecule has 0 radical (unpaired) electrons. The van der Waals surface area contributed by atoms with E-state index in [1.165, 1.54) is 64.2 Å². The van der Waals surface area contributed by atoms with Gasteiger partial charge in [0.2, 0.25) is 0 Å². The molecule has 0 atom stereocenters. The number of hydrogen-bond donors (Lipinski definition) is 0. The molecular weight excluding hydrogens is 278 g/mol. The highest BCUT2D eigenvalue weighted by Crippen LogP contribution is 2.10. The van der Waals surface area contributed by atoms with E-state index >= 15 is 0 Å². The summed E-state index contributed by atoms with van der Waals surface area (Å²) in [5.74, 6) is 0. The first-order valence-corrected chi connectivity index (χ1v) is 9.23. The maximum atomic E-state index is 5.56. The van der Waals surface area contributed by atoms with Crippen molar-refractivity contribution in [1.29, 1.82) is 0 Å². The molecular formula is C18H39NO3.